The van der Waals surface area contributed by atoms with Crippen LogP contribution < -0.4 is 10.1 Å². The number of nitrogens with zero attached hydrogens (tertiary/aromatic N) is 1. The molecular formula is C15H17N3O2. The molecule has 1 unspecified atom stereocenters. The van der Waals surface area contributed by atoms with E-state index in [0.29, 0.717) is 12.4 Å². The normalized spacial score (nSPS) is 16.6. The summed E-state index contributed by atoms with van der Waals surface area (Å²) in [7, 11) is 0. The van der Waals surface area contributed by atoms with Crippen molar-refractivity contribution in [3.05, 3.63) is 41.6 Å². The summed E-state index contributed by atoms with van der Waals surface area (Å²) in [4.78, 5) is 12.3. The summed E-state index contributed by atoms with van der Waals surface area (Å²) >= 11 is 0. The molecule has 1 atom stereocenters. The first-order valence-electron chi connectivity index (χ1n) is 6.85. The Morgan fingerprint density at radius 3 is 3.20 bits per heavy atom. The van der Waals surface area contributed by atoms with Crippen LogP contribution >= 0.6 is 0 Å². The highest BCUT2D eigenvalue weighted by Crippen LogP contribution is 2.34. The highest BCUT2D eigenvalue weighted by molar-refractivity contribution is 5.96. The first kappa shape index (κ1) is 12.7. The van der Waals surface area contributed by atoms with E-state index in [1.54, 1.807) is 0 Å². The molecule has 1 aliphatic rings. The number of aromatic amines is 1. The van der Waals surface area contributed by atoms with Crippen molar-refractivity contribution < 1.29 is 9.53 Å². The van der Waals surface area contributed by atoms with Crippen molar-refractivity contribution in [1.82, 2.24) is 10.2 Å². The van der Waals surface area contributed by atoms with Gasteiger partial charge in [-0.1, -0.05) is 31.5 Å². The molecule has 0 aliphatic carbocycles. The van der Waals surface area contributed by atoms with E-state index in [9.17, 15) is 4.79 Å². The molecule has 1 aromatic heterocycles. The summed E-state index contributed by atoms with van der Waals surface area (Å²) < 4.78 is 5.52. The molecule has 2 N–H and O–H groups in total. The smallest absolute Gasteiger partial charge is 0.236 e. The van der Waals surface area contributed by atoms with E-state index in [-0.39, 0.29) is 11.8 Å². The number of nitrogens with one attached hydrogen (secondary N) is 2. The van der Waals surface area contributed by atoms with Crippen molar-refractivity contribution in [1.29, 1.82) is 0 Å². The van der Waals surface area contributed by atoms with Crippen LogP contribution in [0.2, 0.25) is 0 Å². The van der Waals surface area contributed by atoms with Crippen LogP contribution in [-0.4, -0.2) is 22.7 Å². The van der Waals surface area contributed by atoms with E-state index < -0.39 is 0 Å². The van der Waals surface area contributed by atoms with Crippen LogP contribution in [0.3, 0.4) is 0 Å². The van der Waals surface area contributed by atoms with Crippen molar-refractivity contribution in [3.63, 3.8) is 0 Å². The number of hydrogen-bond acceptors (Lipinski definition) is 3. The number of H-pyrrole nitrogens is 1. The Balaban J connectivity index is 1.71. The van der Waals surface area contributed by atoms with E-state index in [0.717, 1.165) is 29.8 Å². The molecule has 104 valence electrons. The second-order valence-corrected chi connectivity index (χ2v) is 4.92. The number of carbonyl (C=O) groups excluding carboxylic acids is 1. The van der Waals surface area contributed by atoms with E-state index in [2.05, 4.69) is 22.4 Å². The van der Waals surface area contributed by atoms with E-state index in [1.807, 2.05) is 30.3 Å². The lowest BCUT2D eigenvalue weighted by Gasteiger charge is -2.07. The number of carbonyl (C=O) groups is 1. The topological polar surface area (TPSA) is 67.0 Å². The van der Waals surface area contributed by atoms with Crippen molar-refractivity contribution in [3.8, 4) is 5.75 Å². The third-order valence-electron chi connectivity index (χ3n) is 3.42. The molecule has 0 bridgehead atoms. The molecule has 20 heavy (non-hydrogen) atoms. The summed E-state index contributed by atoms with van der Waals surface area (Å²) in [5.41, 5.74) is 1.97. The maximum atomic E-state index is 12.3. The summed E-state index contributed by atoms with van der Waals surface area (Å²) in [6.07, 6.45) is 1.97. The fraction of sp³-hybridized carbons (Fsp3) is 0.333. The van der Waals surface area contributed by atoms with Crippen LogP contribution in [0, 0.1) is 0 Å². The molecule has 0 saturated carbocycles. The van der Waals surface area contributed by atoms with Crippen molar-refractivity contribution in [2.75, 3.05) is 11.9 Å². The fourth-order valence-corrected chi connectivity index (χ4v) is 2.42. The molecule has 5 nitrogen and oxygen atoms in total. The molecule has 5 heteroatoms. The number of aromatic nitrogens is 2. The van der Waals surface area contributed by atoms with Crippen LogP contribution in [0.15, 0.2) is 30.3 Å². The zero-order valence-electron chi connectivity index (χ0n) is 11.3. The lowest BCUT2D eigenvalue weighted by Crippen LogP contribution is -2.22. The van der Waals surface area contributed by atoms with Gasteiger partial charge in [-0.3, -0.25) is 9.89 Å². The van der Waals surface area contributed by atoms with Crippen LogP contribution in [0.4, 0.5) is 5.82 Å². The Labute approximate surface area is 117 Å². The largest absolute Gasteiger partial charge is 0.492 e. The molecule has 1 amide bonds. The Morgan fingerprint density at radius 1 is 1.50 bits per heavy atom. The lowest BCUT2D eigenvalue weighted by atomic mass is 10.0. The van der Waals surface area contributed by atoms with Gasteiger partial charge in [0.15, 0.2) is 5.82 Å². The van der Waals surface area contributed by atoms with Crippen LogP contribution in [0.25, 0.3) is 0 Å². The standard InChI is InChI=1S/C15H17N3O2/c1-2-5-10-8-14(18-17-10)16-15(19)12-9-20-13-7-4-3-6-11(12)13/h3-4,6-8,12H,2,5,9H2,1H3,(H2,16,17,18,19). The quantitative estimate of drug-likeness (QED) is 0.897. The van der Waals surface area contributed by atoms with Gasteiger partial charge in [0.05, 0.1) is 0 Å². The predicted molar refractivity (Wildman–Crippen MR) is 75.9 cm³/mol. The van der Waals surface area contributed by atoms with E-state index in [1.165, 1.54) is 0 Å². The minimum absolute atomic E-state index is 0.0792. The predicted octanol–water partition coefficient (Wildman–Crippen LogP) is 2.48. The summed E-state index contributed by atoms with van der Waals surface area (Å²) in [5, 5.41) is 9.87. The molecule has 1 aromatic carbocycles. The number of fused-ring (bicyclic) bond motifs is 1. The highest BCUT2D eigenvalue weighted by atomic mass is 16.5. The highest BCUT2D eigenvalue weighted by Gasteiger charge is 2.30. The molecule has 0 spiro atoms. The SMILES string of the molecule is CCCc1cc(NC(=O)C2COc3ccccc32)n[nH]1. The number of para-hydroxylation sites is 1. The summed E-state index contributed by atoms with van der Waals surface area (Å²) in [5.74, 6) is 1.02. The van der Waals surface area contributed by atoms with Gasteiger partial charge in [0.1, 0.15) is 18.3 Å². The Hall–Kier alpha value is -2.30. The van der Waals surface area contributed by atoms with Gasteiger partial charge in [-0.05, 0) is 12.5 Å². The van der Waals surface area contributed by atoms with Gasteiger partial charge in [0.2, 0.25) is 5.91 Å². The number of amides is 1. The third-order valence-corrected chi connectivity index (χ3v) is 3.42. The molecule has 0 radical (unpaired) electrons. The molecule has 1 aliphatic heterocycles. The molecule has 3 rings (SSSR count). The van der Waals surface area contributed by atoms with Crippen LogP contribution in [0.1, 0.15) is 30.5 Å². The van der Waals surface area contributed by atoms with Crippen LogP contribution in [0.5, 0.6) is 5.75 Å². The Kier molecular flexibility index (Phi) is 3.41. The zero-order valence-corrected chi connectivity index (χ0v) is 11.3. The average molecular weight is 271 g/mol. The van der Waals surface area contributed by atoms with Crippen molar-refractivity contribution >= 4 is 11.7 Å². The first-order chi connectivity index (χ1) is 9.78. The second-order valence-electron chi connectivity index (χ2n) is 4.92. The maximum absolute atomic E-state index is 12.3. The molecular weight excluding hydrogens is 254 g/mol. The minimum Gasteiger partial charge on any atom is -0.492 e. The molecule has 0 saturated heterocycles. The minimum atomic E-state index is -0.266. The fourth-order valence-electron chi connectivity index (χ4n) is 2.42. The molecule has 2 heterocycles. The van der Waals surface area contributed by atoms with Gasteiger partial charge in [-0.15, -0.1) is 0 Å². The second kappa shape index (κ2) is 5.36. The van der Waals surface area contributed by atoms with Gasteiger partial charge in [-0.2, -0.15) is 5.10 Å². The molecule has 0 fully saturated rings. The van der Waals surface area contributed by atoms with E-state index in [4.69, 9.17) is 4.74 Å². The van der Waals surface area contributed by atoms with Gasteiger partial charge >= 0.3 is 0 Å². The van der Waals surface area contributed by atoms with Gasteiger partial charge in [0, 0.05) is 17.3 Å². The third kappa shape index (κ3) is 2.39. The number of anilines is 1. The van der Waals surface area contributed by atoms with Crippen molar-refractivity contribution in [2.24, 2.45) is 0 Å². The number of benzene rings is 1. The summed E-state index contributed by atoms with van der Waals surface area (Å²) in [6.45, 7) is 2.49. The molecule has 2 aromatic rings. The number of rotatable bonds is 4. The lowest BCUT2D eigenvalue weighted by molar-refractivity contribution is -0.117. The zero-order chi connectivity index (χ0) is 13.9. The average Bonchev–Trinajstić information content (AvgIpc) is 3.06. The van der Waals surface area contributed by atoms with Crippen molar-refractivity contribution in [2.45, 2.75) is 25.7 Å². The van der Waals surface area contributed by atoms with E-state index >= 15 is 0 Å². The maximum Gasteiger partial charge on any atom is 0.236 e. The van der Waals surface area contributed by atoms with Crippen LogP contribution in [-0.2, 0) is 11.2 Å². The summed E-state index contributed by atoms with van der Waals surface area (Å²) in [6, 6.07) is 9.52. The van der Waals surface area contributed by atoms with Gasteiger partial charge in [0.25, 0.3) is 0 Å². The monoisotopic (exact) mass is 271 g/mol. The number of ether oxygens (including phenoxy) is 1. The first-order valence-corrected chi connectivity index (χ1v) is 6.85. The Morgan fingerprint density at radius 2 is 2.35 bits per heavy atom. The number of hydrogen-bond donors (Lipinski definition) is 2. The van der Waals surface area contributed by atoms with Gasteiger partial charge in [-0.25, -0.2) is 0 Å². The Bertz CT molecular complexity index is 621. The number of aryl methyl sites for hydroxylation is 1. The van der Waals surface area contributed by atoms with Gasteiger partial charge < -0.3 is 10.1 Å².